The van der Waals surface area contributed by atoms with Crippen molar-refractivity contribution in [3.63, 3.8) is 0 Å². The first-order valence-corrected chi connectivity index (χ1v) is 10.0. The molecule has 0 fully saturated rings. The maximum atomic E-state index is 7.35. The molecule has 5 rings (SSSR count). The zero-order chi connectivity index (χ0) is 20.8. The number of hydrogen-bond donors (Lipinski definition) is 0. The molecule has 0 aliphatic rings. The van der Waals surface area contributed by atoms with Crippen LogP contribution in [0.1, 0.15) is 16.7 Å². The molecule has 0 aliphatic carbocycles. The van der Waals surface area contributed by atoms with E-state index in [1.165, 1.54) is 21.9 Å². The molecule has 0 saturated carbocycles. The number of aryl methyl sites for hydroxylation is 3. The van der Waals surface area contributed by atoms with Crippen LogP contribution in [0.15, 0.2) is 72.8 Å². The minimum Gasteiger partial charge on any atom is -0.292 e. The number of rotatable bonds is 2. The van der Waals surface area contributed by atoms with Crippen molar-refractivity contribution in [1.82, 2.24) is 9.55 Å². The Morgan fingerprint density at radius 1 is 0.800 bits per heavy atom. The molecule has 0 amide bonds. The van der Waals surface area contributed by atoms with Gasteiger partial charge in [0, 0.05) is 16.6 Å². The summed E-state index contributed by atoms with van der Waals surface area (Å²) in [6.07, 6.45) is 0. The quantitative estimate of drug-likeness (QED) is 0.291. The maximum Gasteiger partial charge on any atom is 0.187 e. The van der Waals surface area contributed by atoms with Crippen molar-refractivity contribution in [2.24, 2.45) is 0 Å². The molecule has 0 radical (unpaired) electrons. The first kappa shape index (κ1) is 18.1. The monoisotopic (exact) mass is 387 g/mol. The van der Waals surface area contributed by atoms with Gasteiger partial charge in [-0.1, -0.05) is 54.6 Å². The van der Waals surface area contributed by atoms with Crippen LogP contribution in [0.3, 0.4) is 0 Å². The van der Waals surface area contributed by atoms with Gasteiger partial charge in [0.25, 0.3) is 0 Å². The molecular formula is C27H21N3. The van der Waals surface area contributed by atoms with Gasteiger partial charge < -0.3 is 0 Å². The molecule has 4 aromatic carbocycles. The summed E-state index contributed by atoms with van der Waals surface area (Å²) >= 11 is 0. The first-order valence-electron chi connectivity index (χ1n) is 10.0. The van der Waals surface area contributed by atoms with Crippen LogP contribution in [-0.2, 0) is 0 Å². The summed E-state index contributed by atoms with van der Waals surface area (Å²) in [5, 5.41) is 2.36. The van der Waals surface area contributed by atoms with E-state index in [0.717, 1.165) is 33.7 Å². The highest BCUT2D eigenvalue weighted by Crippen LogP contribution is 2.35. The minimum atomic E-state index is 0.651. The Hall–Kier alpha value is -3.90. The summed E-state index contributed by atoms with van der Waals surface area (Å²) in [6.45, 7) is 13.7. The Balaban J connectivity index is 1.93. The van der Waals surface area contributed by atoms with E-state index in [1.54, 1.807) is 0 Å². The van der Waals surface area contributed by atoms with Gasteiger partial charge in [-0.2, -0.15) is 0 Å². The van der Waals surface area contributed by atoms with Crippen LogP contribution >= 0.6 is 0 Å². The predicted molar refractivity (Wildman–Crippen MR) is 124 cm³/mol. The molecule has 144 valence electrons. The van der Waals surface area contributed by atoms with Gasteiger partial charge in [-0.05, 0) is 61.0 Å². The third kappa shape index (κ3) is 2.77. The van der Waals surface area contributed by atoms with Gasteiger partial charge in [0.1, 0.15) is 5.82 Å². The number of aromatic nitrogens is 2. The largest absolute Gasteiger partial charge is 0.292 e. The van der Waals surface area contributed by atoms with Gasteiger partial charge in [-0.3, -0.25) is 4.57 Å². The van der Waals surface area contributed by atoms with Crippen LogP contribution in [0.4, 0.5) is 5.69 Å². The molecule has 5 aromatic rings. The zero-order valence-corrected chi connectivity index (χ0v) is 17.3. The van der Waals surface area contributed by atoms with E-state index in [0.29, 0.717) is 5.69 Å². The average Bonchev–Trinajstić information content (AvgIpc) is 3.15. The van der Waals surface area contributed by atoms with E-state index in [-0.39, 0.29) is 0 Å². The SMILES string of the molecule is [C-]#[N+]c1ccc(-n2c(-c3ccc(C)c(C)c3)nc3ccc4ccccc4c32)c(C)c1. The van der Waals surface area contributed by atoms with Crippen molar-refractivity contribution in [3.05, 3.63) is 101 Å². The molecule has 0 aliphatic heterocycles. The summed E-state index contributed by atoms with van der Waals surface area (Å²) in [6, 6.07) is 25.0. The average molecular weight is 387 g/mol. The highest BCUT2D eigenvalue weighted by Gasteiger charge is 2.18. The van der Waals surface area contributed by atoms with Crippen LogP contribution in [0.2, 0.25) is 0 Å². The Bertz CT molecular complexity index is 1480. The Morgan fingerprint density at radius 2 is 1.63 bits per heavy atom. The smallest absolute Gasteiger partial charge is 0.187 e. The molecule has 1 heterocycles. The highest BCUT2D eigenvalue weighted by molar-refractivity contribution is 6.06. The van der Waals surface area contributed by atoms with Gasteiger partial charge >= 0.3 is 0 Å². The van der Waals surface area contributed by atoms with Crippen molar-refractivity contribution < 1.29 is 0 Å². The lowest BCUT2D eigenvalue weighted by atomic mass is 10.1. The van der Waals surface area contributed by atoms with Crippen LogP contribution in [0, 0.1) is 27.3 Å². The van der Waals surface area contributed by atoms with E-state index in [1.807, 2.05) is 18.2 Å². The van der Waals surface area contributed by atoms with Crippen molar-refractivity contribution >= 4 is 27.5 Å². The van der Waals surface area contributed by atoms with Crippen molar-refractivity contribution in [2.75, 3.05) is 0 Å². The van der Waals surface area contributed by atoms with Crippen LogP contribution < -0.4 is 0 Å². The lowest BCUT2D eigenvalue weighted by Gasteiger charge is -2.14. The molecule has 0 N–H and O–H groups in total. The summed E-state index contributed by atoms with van der Waals surface area (Å²) in [7, 11) is 0. The second-order valence-electron chi connectivity index (χ2n) is 7.81. The van der Waals surface area contributed by atoms with Gasteiger partial charge in [-0.15, -0.1) is 0 Å². The third-order valence-electron chi connectivity index (χ3n) is 5.86. The second-order valence-corrected chi connectivity index (χ2v) is 7.81. The number of imidazole rings is 1. The molecule has 1 aromatic heterocycles. The van der Waals surface area contributed by atoms with Gasteiger partial charge in [0.05, 0.1) is 17.6 Å². The minimum absolute atomic E-state index is 0.651. The lowest BCUT2D eigenvalue weighted by Crippen LogP contribution is -2.00. The molecule has 3 nitrogen and oxygen atoms in total. The van der Waals surface area contributed by atoms with Crippen molar-refractivity contribution in [1.29, 1.82) is 0 Å². The summed E-state index contributed by atoms with van der Waals surface area (Å²) < 4.78 is 2.25. The van der Waals surface area contributed by atoms with Crippen LogP contribution in [0.5, 0.6) is 0 Å². The Morgan fingerprint density at radius 3 is 2.40 bits per heavy atom. The van der Waals surface area contributed by atoms with E-state index in [4.69, 9.17) is 11.6 Å². The molecule has 0 atom stereocenters. The molecule has 0 unspecified atom stereocenters. The summed E-state index contributed by atoms with van der Waals surface area (Å²) in [5.74, 6) is 0.920. The van der Waals surface area contributed by atoms with Crippen molar-refractivity contribution in [3.8, 4) is 17.1 Å². The fourth-order valence-corrected chi connectivity index (χ4v) is 4.11. The second kappa shape index (κ2) is 6.86. The van der Waals surface area contributed by atoms with E-state index >= 15 is 0 Å². The third-order valence-corrected chi connectivity index (χ3v) is 5.86. The predicted octanol–water partition coefficient (Wildman–Crippen LogP) is 7.32. The molecule has 0 bridgehead atoms. The number of benzene rings is 4. The van der Waals surface area contributed by atoms with Crippen molar-refractivity contribution in [2.45, 2.75) is 20.8 Å². The fourth-order valence-electron chi connectivity index (χ4n) is 4.11. The standard InChI is InChI=1S/C27H21N3/c1-17-9-10-21(15-18(17)2)27-29-24-13-11-20-7-5-6-8-23(20)26(24)30(27)25-14-12-22(28-4)16-19(25)3/h5-16H,1-3H3. The maximum absolute atomic E-state index is 7.35. The van der Waals surface area contributed by atoms with Gasteiger partial charge in [0.2, 0.25) is 0 Å². The van der Waals surface area contributed by atoms with Crippen LogP contribution in [0.25, 0.3) is 43.7 Å². The molecule has 30 heavy (non-hydrogen) atoms. The summed E-state index contributed by atoms with van der Waals surface area (Å²) in [5.41, 5.74) is 8.43. The summed E-state index contributed by atoms with van der Waals surface area (Å²) in [4.78, 5) is 8.66. The van der Waals surface area contributed by atoms with E-state index in [9.17, 15) is 0 Å². The lowest BCUT2D eigenvalue weighted by molar-refractivity contribution is 1.08. The van der Waals surface area contributed by atoms with Crippen LogP contribution in [-0.4, -0.2) is 9.55 Å². The fraction of sp³-hybridized carbons (Fsp3) is 0.111. The zero-order valence-electron chi connectivity index (χ0n) is 17.3. The van der Waals surface area contributed by atoms with Gasteiger partial charge in [-0.25, -0.2) is 9.83 Å². The van der Waals surface area contributed by atoms with Gasteiger partial charge in [0.15, 0.2) is 5.69 Å². The normalized spacial score (nSPS) is 11.1. The highest BCUT2D eigenvalue weighted by atomic mass is 15.1. The first-order chi connectivity index (χ1) is 14.6. The number of hydrogen-bond acceptors (Lipinski definition) is 1. The Labute approximate surface area is 176 Å². The molecule has 0 saturated heterocycles. The molecule has 0 spiro atoms. The Kier molecular flexibility index (Phi) is 4.15. The topological polar surface area (TPSA) is 22.2 Å². The number of nitrogens with zero attached hydrogens (tertiary/aromatic N) is 3. The molecule has 3 heteroatoms. The van der Waals surface area contributed by atoms with E-state index < -0.39 is 0 Å². The number of fused-ring (bicyclic) bond motifs is 3. The molecular weight excluding hydrogens is 366 g/mol. The van der Waals surface area contributed by atoms with E-state index in [2.05, 4.69) is 84.8 Å².